The predicted molar refractivity (Wildman–Crippen MR) is 117 cm³/mol. The second-order valence-electron chi connectivity index (χ2n) is 8.12. The number of likely N-dealkylation sites (tertiary alicyclic amines) is 1. The highest BCUT2D eigenvalue weighted by Crippen LogP contribution is 2.28. The zero-order valence-electron chi connectivity index (χ0n) is 17.0. The van der Waals surface area contributed by atoms with E-state index in [9.17, 15) is 18.4 Å². The molecule has 8 heteroatoms. The number of nitrogens with one attached hydrogen (secondary N) is 1. The summed E-state index contributed by atoms with van der Waals surface area (Å²) in [5, 5.41) is 3.04. The number of hydrogen-bond acceptors (Lipinski definition) is 3. The maximum atomic E-state index is 13.4. The molecule has 2 heterocycles. The van der Waals surface area contributed by atoms with Gasteiger partial charge in [0.05, 0.1) is 0 Å². The third-order valence-electron chi connectivity index (χ3n) is 5.97. The molecule has 2 saturated heterocycles. The molecule has 2 aromatic rings. The first-order valence-electron chi connectivity index (χ1n) is 10.4. The molecule has 5 nitrogen and oxygen atoms in total. The molecular weight excluding hydrogens is 468 g/mol. The lowest BCUT2D eigenvalue weighted by atomic mass is 10.0. The maximum absolute atomic E-state index is 13.4. The van der Waals surface area contributed by atoms with Crippen LogP contribution in [-0.4, -0.2) is 42.4 Å². The number of carbonyl (C=O) groups is 2. The highest BCUT2D eigenvalue weighted by atomic mass is 79.9. The zero-order chi connectivity index (χ0) is 22.0. The highest BCUT2D eigenvalue weighted by molar-refractivity contribution is 9.10. The van der Waals surface area contributed by atoms with Crippen molar-refractivity contribution in [2.75, 3.05) is 24.5 Å². The van der Waals surface area contributed by atoms with Crippen LogP contribution in [-0.2, 0) is 16.1 Å². The average Bonchev–Trinajstić information content (AvgIpc) is 3.14. The third kappa shape index (κ3) is 5.13. The Kier molecular flexibility index (Phi) is 6.67. The van der Waals surface area contributed by atoms with E-state index in [4.69, 9.17) is 0 Å². The lowest BCUT2D eigenvalue weighted by Crippen LogP contribution is -2.47. The molecule has 4 rings (SSSR count). The maximum Gasteiger partial charge on any atom is 0.239 e. The Hall–Kier alpha value is -2.32. The molecule has 31 heavy (non-hydrogen) atoms. The summed E-state index contributed by atoms with van der Waals surface area (Å²) in [5.74, 6) is -2.70. The number of hydrogen-bond donors (Lipinski definition) is 1. The fourth-order valence-electron chi connectivity index (χ4n) is 4.26. The molecule has 2 aliphatic heterocycles. The number of rotatable bonds is 5. The van der Waals surface area contributed by atoms with Gasteiger partial charge in [0.15, 0.2) is 11.6 Å². The Balaban J connectivity index is 1.27. The van der Waals surface area contributed by atoms with E-state index < -0.39 is 17.6 Å². The molecule has 0 radical (unpaired) electrons. The number of carbonyl (C=O) groups excluding carboxylic acids is 2. The van der Waals surface area contributed by atoms with Crippen LogP contribution in [0.25, 0.3) is 0 Å². The Labute approximate surface area is 188 Å². The van der Waals surface area contributed by atoms with Crippen molar-refractivity contribution in [1.82, 2.24) is 10.2 Å². The molecule has 0 saturated carbocycles. The van der Waals surface area contributed by atoms with Gasteiger partial charge in [-0.1, -0.05) is 28.1 Å². The standard InChI is InChI=1S/C23H24BrF2N3O2/c24-16-2-1-3-18(13-16)29-11-8-19(23(29)31)22(30)27-17-6-9-28(10-7-17)14-15-4-5-20(25)21(26)12-15/h1-5,12-13,17,19H,6-11,14H2,(H,27,30). The van der Waals surface area contributed by atoms with Gasteiger partial charge in [-0.15, -0.1) is 0 Å². The van der Waals surface area contributed by atoms with E-state index in [0.29, 0.717) is 19.5 Å². The van der Waals surface area contributed by atoms with Gasteiger partial charge in [0.2, 0.25) is 11.8 Å². The summed E-state index contributed by atoms with van der Waals surface area (Å²) in [7, 11) is 0. The van der Waals surface area contributed by atoms with Gasteiger partial charge < -0.3 is 10.2 Å². The molecule has 2 amide bonds. The summed E-state index contributed by atoms with van der Waals surface area (Å²) in [6, 6.07) is 11.5. The van der Waals surface area contributed by atoms with Gasteiger partial charge in [0, 0.05) is 42.4 Å². The first kappa shape index (κ1) is 21.9. The fraction of sp³-hybridized carbons (Fsp3) is 0.391. The number of halogens is 3. The fourth-order valence-corrected chi connectivity index (χ4v) is 4.64. The van der Waals surface area contributed by atoms with Crippen LogP contribution >= 0.6 is 15.9 Å². The van der Waals surface area contributed by atoms with Gasteiger partial charge in [-0.25, -0.2) is 8.78 Å². The minimum atomic E-state index is -0.843. The minimum absolute atomic E-state index is 0.0152. The van der Waals surface area contributed by atoms with Gasteiger partial charge in [-0.3, -0.25) is 14.5 Å². The van der Waals surface area contributed by atoms with Gasteiger partial charge in [-0.2, -0.15) is 0 Å². The number of benzene rings is 2. The van der Waals surface area contributed by atoms with Crippen molar-refractivity contribution in [3.8, 4) is 0 Å². The number of piperidine rings is 1. The molecule has 1 unspecified atom stereocenters. The van der Waals surface area contributed by atoms with Crippen molar-refractivity contribution in [3.05, 3.63) is 64.1 Å². The molecule has 0 aromatic heterocycles. The smallest absolute Gasteiger partial charge is 0.239 e. The Morgan fingerprint density at radius 1 is 1.03 bits per heavy atom. The molecule has 1 atom stereocenters. The van der Waals surface area contributed by atoms with Crippen LogP contribution in [0.15, 0.2) is 46.9 Å². The lowest BCUT2D eigenvalue weighted by molar-refractivity contribution is -0.132. The van der Waals surface area contributed by atoms with Gasteiger partial charge >= 0.3 is 0 Å². The number of amides is 2. The highest BCUT2D eigenvalue weighted by Gasteiger charge is 2.38. The Bertz CT molecular complexity index is 979. The average molecular weight is 492 g/mol. The molecule has 1 N–H and O–H groups in total. The molecular formula is C23H24BrF2N3O2. The van der Waals surface area contributed by atoms with Crippen LogP contribution in [0, 0.1) is 17.6 Å². The van der Waals surface area contributed by atoms with Crippen molar-refractivity contribution in [1.29, 1.82) is 0 Å². The first-order valence-corrected chi connectivity index (χ1v) is 11.2. The van der Waals surface area contributed by atoms with E-state index in [2.05, 4.69) is 26.1 Å². The van der Waals surface area contributed by atoms with E-state index in [0.717, 1.165) is 47.7 Å². The summed E-state index contributed by atoms with van der Waals surface area (Å²) >= 11 is 3.41. The molecule has 2 aliphatic rings. The molecule has 0 bridgehead atoms. The lowest BCUT2D eigenvalue weighted by Gasteiger charge is -2.32. The monoisotopic (exact) mass is 491 g/mol. The molecule has 2 aromatic carbocycles. The van der Waals surface area contributed by atoms with E-state index in [1.165, 1.54) is 6.07 Å². The van der Waals surface area contributed by atoms with Crippen molar-refractivity contribution in [2.45, 2.75) is 31.8 Å². The topological polar surface area (TPSA) is 52.7 Å². The van der Waals surface area contributed by atoms with Crippen LogP contribution in [0.1, 0.15) is 24.8 Å². The molecule has 2 fully saturated rings. The zero-order valence-corrected chi connectivity index (χ0v) is 18.6. The SMILES string of the molecule is O=C(NC1CCN(Cc2ccc(F)c(F)c2)CC1)C1CCN(c2cccc(Br)c2)C1=O. The summed E-state index contributed by atoms with van der Waals surface area (Å²) < 4.78 is 27.4. The van der Waals surface area contributed by atoms with Crippen molar-refractivity contribution < 1.29 is 18.4 Å². The van der Waals surface area contributed by atoms with Gasteiger partial charge in [-0.05, 0) is 55.2 Å². The third-order valence-corrected chi connectivity index (χ3v) is 6.46. The first-order chi connectivity index (χ1) is 14.9. The Morgan fingerprint density at radius 2 is 1.81 bits per heavy atom. The van der Waals surface area contributed by atoms with E-state index in [-0.39, 0.29) is 17.9 Å². The quantitative estimate of drug-likeness (QED) is 0.646. The van der Waals surface area contributed by atoms with Crippen molar-refractivity contribution >= 4 is 33.4 Å². The summed E-state index contributed by atoms with van der Waals surface area (Å²) in [6.07, 6.45) is 2.02. The van der Waals surface area contributed by atoms with E-state index in [1.807, 2.05) is 24.3 Å². The van der Waals surface area contributed by atoms with Crippen LogP contribution in [0.4, 0.5) is 14.5 Å². The van der Waals surface area contributed by atoms with Crippen molar-refractivity contribution in [3.63, 3.8) is 0 Å². The summed E-state index contributed by atoms with van der Waals surface area (Å²) in [6.45, 7) is 2.56. The second-order valence-corrected chi connectivity index (χ2v) is 9.03. The van der Waals surface area contributed by atoms with E-state index in [1.54, 1.807) is 11.0 Å². The van der Waals surface area contributed by atoms with Crippen molar-refractivity contribution in [2.24, 2.45) is 5.92 Å². The van der Waals surface area contributed by atoms with Gasteiger partial charge in [0.1, 0.15) is 5.92 Å². The summed E-state index contributed by atoms with van der Waals surface area (Å²) in [5.41, 5.74) is 1.52. The normalized spacial score (nSPS) is 20.3. The van der Waals surface area contributed by atoms with Crippen LogP contribution in [0.5, 0.6) is 0 Å². The molecule has 0 spiro atoms. The summed E-state index contributed by atoms with van der Waals surface area (Å²) in [4.78, 5) is 29.4. The van der Waals surface area contributed by atoms with Crippen LogP contribution < -0.4 is 10.2 Å². The van der Waals surface area contributed by atoms with Crippen LogP contribution in [0.2, 0.25) is 0 Å². The van der Waals surface area contributed by atoms with E-state index >= 15 is 0 Å². The predicted octanol–water partition coefficient (Wildman–Crippen LogP) is 3.86. The number of nitrogens with zero attached hydrogens (tertiary/aromatic N) is 2. The van der Waals surface area contributed by atoms with Gasteiger partial charge in [0.25, 0.3) is 0 Å². The molecule has 164 valence electrons. The van der Waals surface area contributed by atoms with Crippen LogP contribution in [0.3, 0.4) is 0 Å². The number of anilines is 1. The largest absolute Gasteiger partial charge is 0.353 e. The minimum Gasteiger partial charge on any atom is -0.353 e. The molecule has 0 aliphatic carbocycles. The Morgan fingerprint density at radius 3 is 2.52 bits per heavy atom. The second kappa shape index (κ2) is 9.44.